The Hall–Kier alpha value is -1.95. The molecule has 1 aromatic carbocycles. The standard InChI is InChI=1S/C34H49NO5/c1-21(2)7-6-8-22(3)27-13-14-28-26-19-30-34(40-30)20-25(15-18-33(34,5)29(26)16-17-32(27,28)4)39-31(36)23-9-11-24(12-10-23)35(37)38/h9-12,21-22,25-30H,6-8,13-20H2,1-5H3/t22-,25-,26+,27-,28+,29+,30+,32-,33-,34+/m1/s1. The van der Waals surface area contributed by atoms with Gasteiger partial charge in [0.15, 0.2) is 0 Å². The molecule has 6 heteroatoms. The highest BCUT2D eigenvalue weighted by Gasteiger charge is 2.76. The van der Waals surface area contributed by atoms with E-state index in [4.69, 9.17) is 9.47 Å². The van der Waals surface area contributed by atoms with Gasteiger partial charge in [0.2, 0.25) is 0 Å². The van der Waals surface area contributed by atoms with Crippen molar-refractivity contribution in [1.82, 2.24) is 0 Å². The van der Waals surface area contributed by atoms with Crippen molar-refractivity contribution in [2.45, 2.75) is 123 Å². The molecule has 1 spiro atoms. The maximum Gasteiger partial charge on any atom is 0.338 e. The predicted molar refractivity (Wildman–Crippen MR) is 155 cm³/mol. The fraction of sp³-hybridized carbons (Fsp3) is 0.794. The van der Waals surface area contributed by atoms with Crippen LogP contribution in [0.3, 0.4) is 0 Å². The Bertz CT molecular complexity index is 1130. The minimum atomic E-state index is -0.453. The van der Waals surface area contributed by atoms with Gasteiger partial charge in [-0.25, -0.2) is 4.79 Å². The van der Waals surface area contributed by atoms with Crippen LogP contribution in [-0.4, -0.2) is 28.7 Å². The topological polar surface area (TPSA) is 82.0 Å². The zero-order chi connectivity index (χ0) is 28.4. The van der Waals surface area contributed by atoms with E-state index >= 15 is 0 Å². The SMILES string of the molecule is CC(C)CCC[C@@H](C)[C@H]1CC[C@H]2[C@@H]3C[C@@H]4O[C@@]45C[C@H](OC(=O)c4ccc([N+](=O)[O-])cc4)CC[C@]5(C)[C@H]3CC[C@]12C. The van der Waals surface area contributed by atoms with E-state index in [9.17, 15) is 14.9 Å². The first-order valence-electron chi connectivity index (χ1n) is 16.1. The zero-order valence-corrected chi connectivity index (χ0v) is 25.2. The summed E-state index contributed by atoms with van der Waals surface area (Å²) in [5.74, 6) is 4.38. The lowest BCUT2D eigenvalue weighted by atomic mass is 9.44. The maximum atomic E-state index is 12.9. The zero-order valence-electron chi connectivity index (χ0n) is 25.2. The van der Waals surface area contributed by atoms with Crippen LogP contribution in [0.1, 0.15) is 116 Å². The summed E-state index contributed by atoms with van der Waals surface area (Å²) in [4.78, 5) is 23.4. The van der Waals surface area contributed by atoms with Gasteiger partial charge in [-0.05, 0) is 98.0 Å². The predicted octanol–water partition coefficient (Wildman–Crippen LogP) is 8.37. The largest absolute Gasteiger partial charge is 0.459 e. The van der Waals surface area contributed by atoms with Crippen LogP contribution in [-0.2, 0) is 9.47 Å². The van der Waals surface area contributed by atoms with Gasteiger partial charge in [0.05, 0.1) is 16.6 Å². The molecule has 1 heterocycles. The summed E-state index contributed by atoms with van der Waals surface area (Å²) in [6, 6.07) is 5.72. The summed E-state index contributed by atoms with van der Waals surface area (Å²) in [6.07, 6.45) is 13.6. The van der Waals surface area contributed by atoms with Gasteiger partial charge in [0.1, 0.15) is 11.7 Å². The molecule has 4 saturated carbocycles. The number of non-ortho nitro benzene ring substituents is 1. The summed E-state index contributed by atoms with van der Waals surface area (Å²) >= 11 is 0. The Labute approximate surface area is 240 Å². The molecule has 0 aromatic heterocycles. The molecule has 1 aliphatic heterocycles. The third-order valence-corrected chi connectivity index (χ3v) is 12.8. The highest BCUT2D eigenvalue weighted by molar-refractivity contribution is 5.89. The van der Waals surface area contributed by atoms with Crippen molar-refractivity contribution in [1.29, 1.82) is 0 Å². The van der Waals surface area contributed by atoms with Gasteiger partial charge in [-0.15, -0.1) is 0 Å². The van der Waals surface area contributed by atoms with E-state index in [1.54, 1.807) is 0 Å². The van der Waals surface area contributed by atoms with Crippen LogP contribution in [0.25, 0.3) is 0 Å². The van der Waals surface area contributed by atoms with Crippen molar-refractivity contribution in [2.24, 2.45) is 46.3 Å². The van der Waals surface area contributed by atoms with E-state index in [0.29, 0.717) is 23.0 Å². The molecular weight excluding hydrogens is 502 g/mol. The summed E-state index contributed by atoms with van der Waals surface area (Å²) in [5, 5.41) is 11.0. The molecule has 0 N–H and O–H groups in total. The average molecular weight is 552 g/mol. The number of hydrogen-bond acceptors (Lipinski definition) is 5. The van der Waals surface area contributed by atoms with Gasteiger partial charge in [-0.1, -0.05) is 53.9 Å². The van der Waals surface area contributed by atoms with Gasteiger partial charge < -0.3 is 9.47 Å². The molecule has 5 fully saturated rings. The molecule has 4 aliphatic carbocycles. The fourth-order valence-electron chi connectivity index (χ4n) is 10.7. The number of carbonyl (C=O) groups excluding carboxylic acids is 1. The van der Waals surface area contributed by atoms with Crippen molar-refractivity contribution >= 4 is 11.7 Å². The minimum Gasteiger partial charge on any atom is -0.459 e. The Morgan fingerprint density at radius 2 is 1.80 bits per heavy atom. The van der Waals surface area contributed by atoms with Crippen molar-refractivity contribution in [3.8, 4) is 0 Å². The molecule has 0 amide bonds. The Kier molecular flexibility index (Phi) is 7.12. The highest BCUT2D eigenvalue weighted by Crippen LogP contribution is 2.74. The van der Waals surface area contributed by atoms with E-state index in [2.05, 4.69) is 34.6 Å². The summed E-state index contributed by atoms with van der Waals surface area (Å²) < 4.78 is 12.7. The van der Waals surface area contributed by atoms with E-state index < -0.39 is 10.9 Å². The molecule has 0 bridgehead atoms. The molecular formula is C34H49NO5. The lowest BCUT2D eigenvalue weighted by Gasteiger charge is -2.59. The molecule has 6 nitrogen and oxygen atoms in total. The number of epoxide rings is 1. The number of carbonyl (C=O) groups is 1. The molecule has 0 unspecified atom stereocenters. The molecule has 1 aromatic rings. The lowest BCUT2D eigenvalue weighted by Crippen LogP contribution is -2.59. The van der Waals surface area contributed by atoms with Crippen molar-refractivity contribution in [3.05, 3.63) is 39.9 Å². The van der Waals surface area contributed by atoms with Crippen LogP contribution >= 0.6 is 0 Å². The second kappa shape index (κ2) is 10.1. The maximum absolute atomic E-state index is 12.9. The Morgan fingerprint density at radius 1 is 1.05 bits per heavy atom. The van der Waals surface area contributed by atoms with E-state index in [1.165, 1.54) is 75.6 Å². The van der Waals surface area contributed by atoms with Crippen molar-refractivity contribution in [2.75, 3.05) is 0 Å². The number of nitro benzene ring substituents is 1. The molecule has 1 saturated heterocycles. The minimum absolute atomic E-state index is 0.0207. The van der Waals surface area contributed by atoms with Crippen molar-refractivity contribution < 1.29 is 19.2 Å². The average Bonchev–Trinajstić information content (AvgIpc) is 3.49. The first-order chi connectivity index (χ1) is 19.0. The smallest absolute Gasteiger partial charge is 0.338 e. The van der Waals surface area contributed by atoms with Crippen LogP contribution in [0.4, 0.5) is 5.69 Å². The van der Waals surface area contributed by atoms with Gasteiger partial charge >= 0.3 is 5.97 Å². The molecule has 40 heavy (non-hydrogen) atoms. The number of fused-ring (bicyclic) bond motifs is 4. The molecule has 220 valence electrons. The van der Waals surface area contributed by atoms with Gasteiger partial charge in [-0.2, -0.15) is 0 Å². The number of esters is 1. The first kappa shape index (κ1) is 28.2. The number of ether oxygens (including phenoxy) is 2. The van der Waals surface area contributed by atoms with Gasteiger partial charge in [0.25, 0.3) is 5.69 Å². The third kappa shape index (κ3) is 4.42. The summed E-state index contributed by atoms with van der Waals surface area (Å²) in [7, 11) is 0. The Balaban J connectivity index is 1.12. The monoisotopic (exact) mass is 551 g/mol. The highest BCUT2D eigenvalue weighted by atomic mass is 16.6. The Morgan fingerprint density at radius 3 is 2.50 bits per heavy atom. The number of hydrogen-bond donors (Lipinski definition) is 0. The third-order valence-electron chi connectivity index (χ3n) is 12.8. The van der Waals surface area contributed by atoms with Crippen LogP contribution in [0.5, 0.6) is 0 Å². The van der Waals surface area contributed by atoms with E-state index in [0.717, 1.165) is 48.9 Å². The molecule has 0 radical (unpaired) electrons. The van der Waals surface area contributed by atoms with E-state index in [1.807, 2.05) is 0 Å². The van der Waals surface area contributed by atoms with Gasteiger partial charge in [0, 0.05) is 24.0 Å². The van der Waals surface area contributed by atoms with Crippen LogP contribution in [0.15, 0.2) is 24.3 Å². The van der Waals surface area contributed by atoms with Crippen molar-refractivity contribution in [3.63, 3.8) is 0 Å². The number of benzene rings is 1. The normalized spacial score (nSPS) is 42.2. The second-order valence-electron chi connectivity index (χ2n) is 15.1. The van der Waals surface area contributed by atoms with Crippen LogP contribution in [0.2, 0.25) is 0 Å². The number of rotatable bonds is 8. The lowest BCUT2D eigenvalue weighted by molar-refractivity contribution is -0.384. The fourth-order valence-corrected chi connectivity index (χ4v) is 10.7. The van der Waals surface area contributed by atoms with E-state index in [-0.39, 0.29) is 22.8 Å². The molecule has 5 aliphatic rings. The quantitative estimate of drug-likeness (QED) is 0.140. The van der Waals surface area contributed by atoms with Gasteiger partial charge in [-0.3, -0.25) is 10.1 Å². The summed E-state index contributed by atoms with van der Waals surface area (Å²) in [6.45, 7) is 12.4. The van der Waals surface area contributed by atoms with Crippen LogP contribution < -0.4 is 0 Å². The summed E-state index contributed by atoms with van der Waals surface area (Å²) in [5.41, 5.74) is 0.824. The first-order valence-corrected chi connectivity index (χ1v) is 16.1. The van der Waals surface area contributed by atoms with Crippen LogP contribution in [0, 0.1) is 56.5 Å². The molecule has 6 rings (SSSR count). The molecule has 10 atom stereocenters. The number of nitro groups is 1. The second-order valence-corrected chi connectivity index (χ2v) is 15.1. The number of nitrogens with zero attached hydrogens (tertiary/aromatic N) is 1.